The van der Waals surface area contributed by atoms with Gasteiger partial charge in [0, 0.05) is 5.56 Å². The summed E-state index contributed by atoms with van der Waals surface area (Å²) in [6.45, 7) is 7.32. The number of carbonyl (C=O) groups is 2. The lowest BCUT2D eigenvalue weighted by atomic mass is 9.70. The predicted octanol–water partition coefficient (Wildman–Crippen LogP) is 2.45. The number of fused-ring (bicyclic) bond motifs is 1. The SMILES string of the molecule is C=CCC1(CC=C)C(=O)N(O)C(=O)c2ccccc21. The number of carbonyl (C=O) groups excluding carboxylic acids is 2. The quantitative estimate of drug-likeness (QED) is 0.512. The largest absolute Gasteiger partial charge is 0.284 e. The van der Waals surface area contributed by atoms with Gasteiger partial charge in [0.25, 0.3) is 11.8 Å². The normalized spacial score (nSPS) is 17.0. The van der Waals surface area contributed by atoms with Crippen LogP contribution in [0.5, 0.6) is 0 Å². The van der Waals surface area contributed by atoms with Gasteiger partial charge >= 0.3 is 0 Å². The molecule has 19 heavy (non-hydrogen) atoms. The van der Waals surface area contributed by atoms with Crippen LogP contribution in [-0.2, 0) is 10.2 Å². The summed E-state index contributed by atoms with van der Waals surface area (Å²) in [4.78, 5) is 24.3. The van der Waals surface area contributed by atoms with Crippen molar-refractivity contribution < 1.29 is 14.8 Å². The maximum atomic E-state index is 12.4. The Hall–Kier alpha value is -2.20. The lowest BCUT2D eigenvalue weighted by molar-refractivity contribution is -0.162. The van der Waals surface area contributed by atoms with Crippen molar-refractivity contribution >= 4 is 11.8 Å². The lowest BCUT2D eigenvalue weighted by Crippen LogP contribution is -2.52. The molecule has 1 heterocycles. The number of hydroxylamine groups is 2. The van der Waals surface area contributed by atoms with Gasteiger partial charge in [-0.1, -0.05) is 30.4 Å². The fraction of sp³-hybridized carbons (Fsp3) is 0.200. The van der Waals surface area contributed by atoms with E-state index in [1.54, 1.807) is 36.4 Å². The topological polar surface area (TPSA) is 57.6 Å². The summed E-state index contributed by atoms with van der Waals surface area (Å²) in [5.74, 6) is -1.32. The van der Waals surface area contributed by atoms with Gasteiger partial charge in [0.15, 0.2) is 0 Å². The van der Waals surface area contributed by atoms with E-state index in [0.29, 0.717) is 24.0 Å². The highest BCUT2D eigenvalue weighted by Gasteiger charge is 2.49. The van der Waals surface area contributed by atoms with Gasteiger partial charge in [-0.2, -0.15) is 5.06 Å². The molecule has 0 unspecified atom stereocenters. The highest BCUT2D eigenvalue weighted by molar-refractivity contribution is 6.12. The number of hydrogen-bond acceptors (Lipinski definition) is 3. The molecule has 0 saturated carbocycles. The first kappa shape index (κ1) is 13.2. The Bertz CT molecular complexity index is 552. The minimum atomic E-state index is -0.997. The van der Waals surface area contributed by atoms with Crippen molar-refractivity contribution in [1.82, 2.24) is 5.06 Å². The average Bonchev–Trinajstić information content (AvgIpc) is 2.43. The van der Waals surface area contributed by atoms with Gasteiger partial charge in [-0.25, -0.2) is 0 Å². The van der Waals surface area contributed by atoms with Crippen molar-refractivity contribution in [3.8, 4) is 0 Å². The Labute approximate surface area is 111 Å². The number of nitrogens with zero attached hydrogens (tertiary/aromatic N) is 1. The molecule has 0 fully saturated rings. The summed E-state index contributed by atoms with van der Waals surface area (Å²) >= 11 is 0. The first-order valence-electron chi connectivity index (χ1n) is 5.97. The average molecular weight is 257 g/mol. The summed E-state index contributed by atoms with van der Waals surface area (Å²) in [5.41, 5.74) is -0.0358. The Morgan fingerprint density at radius 3 is 2.32 bits per heavy atom. The van der Waals surface area contributed by atoms with E-state index in [-0.39, 0.29) is 5.06 Å². The van der Waals surface area contributed by atoms with E-state index in [4.69, 9.17) is 0 Å². The summed E-state index contributed by atoms with van der Waals surface area (Å²) in [7, 11) is 0. The van der Waals surface area contributed by atoms with Crippen molar-refractivity contribution in [3.63, 3.8) is 0 Å². The monoisotopic (exact) mass is 257 g/mol. The maximum Gasteiger partial charge on any atom is 0.284 e. The molecule has 1 aromatic rings. The van der Waals surface area contributed by atoms with E-state index in [1.165, 1.54) is 0 Å². The van der Waals surface area contributed by atoms with E-state index in [2.05, 4.69) is 13.2 Å². The first-order valence-corrected chi connectivity index (χ1v) is 5.97. The molecule has 98 valence electrons. The maximum absolute atomic E-state index is 12.4. The zero-order valence-corrected chi connectivity index (χ0v) is 10.5. The minimum absolute atomic E-state index is 0.204. The Morgan fingerprint density at radius 2 is 1.74 bits per heavy atom. The molecule has 1 aromatic carbocycles. The third-order valence-electron chi connectivity index (χ3n) is 3.45. The standard InChI is InChI=1S/C15H15NO3/c1-3-9-15(10-4-2)12-8-6-5-7-11(12)13(17)16(19)14(15)18/h3-8,19H,1-2,9-10H2. The molecule has 4 heteroatoms. The van der Waals surface area contributed by atoms with E-state index < -0.39 is 17.2 Å². The zero-order chi connectivity index (χ0) is 14.0. The van der Waals surface area contributed by atoms with Crippen molar-refractivity contribution in [2.45, 2.75) is 18.3 Å². The van der Waals surface area contributed by atoms with Gasteiger partial charge in [0.05, 0.1) is 5.41 Å². The number of rotatable bonds is 4. The van der Waals surface area contributed by atoms with Crippen LogP contribution in [0, 0.1) is 0 Å². The number of amides is 2. The van der Waals surface area contributed by atoms with Crippen LogP contribution < -0.4 is 0 Å². The van der Waals surface area contributed by atoms with Gasteiger partial charge in [-0.15, -0.1) is 13.2 Å². The highest BCUT2D eigenvalue weighted by Crippen LogP contribution is 2.40. The number of hydrogen-bond donors (Lipinski definition) is 1. The van der Waals surface area contributed by atoms with Crippen molar-refractivity contribution in [2.24, 2.45) is 0 Å². The van der Waals surface area contributed by atoms with Crippen molar-refractivity contribution in [1.29, 1.82) is 0 Å². The van der Waals surface area contributed by atoms with E-state index in [0.717, 1.165) is 0 Å². The molecule has 0 aromatic heterocycles. The van der Waals surface area contributed by atoms with Gasteiger partial charge < -0.3 is 0 Å². The van der Waals surface area contributed by atoms with E-state index in [1.807, 2.05) is 0 Å². The van der Waals surface area contributed by atoms with E-state index >= 15 is 0 Å². The molecule has 1 aliphatic heterocycles. The Morgan fingerprint density at radius 1 is 1.16 bits per heavy atom. The molecule has 0 atom stereocenters. The molecule has 0 bridgehead atoms. The number of benzene rings is 1. The molecule has 2 rings (SSSR count). The van der Waals surface area contributed by atoms with Crippen LogP contribution >= 0.6 is 0 Å². The fourth-order valence-corrected chi connectivity index (χ4v) is 2.58. The molecular formula is C15H15NO3. The lowest BCUT2D eigenvalue weighted by Gasteiger charge is -2.38. The van der Waals surface area contributed by atoms with E-state index in [9.17, 15) is 14.8 Å². The molecule has 2 amide bonds. The molecule has 0 radical (unpaired) electrons. The second-order valence-electron chi connectivity index (χ2n) is 4.54. The highest BCUT2D eigenvalue weighted by atomic mass is 16.5. The van der Waals surface area contributed by atoms with Crippen LogP contribution in [0.3, 0.4) is 0 Å². The van der Waals surface area contributed by atoms with Crippen LogP contribution in [0.2, 0.25) is 0 Å². The minimum Gasteiger partial charge on any atom is -0.278 e. The summed E-state index contributed by atoms with van der Waals surface area (Å²) < 4.78 is 0. The van der Waals surface area contributed by atoms with Crippen LogP contribution in [0.1, 0.15) is 28.8 Å². The first-order chi connectivity index (χ1) is 9.08. The van der Waals surface area contributed by atoms with Crippen LogP contribution in [0.15, 0.2) is 49.6 Å². The third kappa shape index (κ3) is 1.81. The summed E-state index contributed by atoms with van der Waals surface area (Å²) in [6.07, 6.45) is 3.89. The van der Waals surface area contributed by atoms with Gasteiger partial charge in [0.2, 0.25) is 0 Å². The molecule has 1 N–H and O–H groups in total. The molecule has 0 aliphatic carbocycles. The van der Waals surface area contributed by atoms with Crippen molar-refractivity contribution in [2.75, 3.05) is 0 Å². The summed E-state index contributed by atoms with van der Waals surface area (Å²) in [6, 6.07) is 6.82. The van der Waals surface area contributed by atoms with Gasteiger partial charge in [-0.05, 0) is 24.5 Å². The molecule has 0 spiro atoms. The molecular weight excluding hydrogens is 242 g/mol. The molecule has 0 saturated heterocycles. The Balaban J connectivity index is 2.73. The van der Waals surface area contributed by atoms with Crippen LogP contribution in [0.25, 0.3) is 0 Å². The second kappa shape index (κ2) is 4.82. The second-order valence-corrected chi connectivity index (χ2v) is 4.54. The molecule has 4 nitrogen and oxygen atoms in total. The predicted molar refractivity (Wildman–Crippen MR) is 70.7 cm³/mol. The van der Waals surface area contributed by atoms with Crippen LogP contribution in [0.4, 0.5) is 0 Å². The number of allylic oxidation sites excluding steroid dienone is 2. The Kier molecular flexibility index (Phi) is 3.36. The third-order valence-corrected chi connectivity index (χ3v) is 3.45. The fourth-order valence-electron chi connectivity index (χ4n) is 2.58. The van der Waals surface area contributed by atoms with Gasteiger partial charge in [0.1, 0.15) is 0 Å². The van der Waals surface area contributed by atoms with Crippen LogP contribution in [-0.4, -0.2) is 22.1 Å². The smallest absolute Gasteiger partial charge is 0.278 e. The number of imide groups is 1. The molecule has 1 aliphatic rings. The van der Waals surface area contributed by atoms with Crippen molar-refractivity contribution in [3.05, 3.63) is 60.7 Å². The summed E-state index contributed by atoms with van der Waals surface area (Å²) in [5, 5.41) is 9.95. The zero-order valence-electron chi connectivity index (χ0n) is 10.5. The van der Waals surface area contributed by atoms with Gasteiger partial charge in [-0.3, -0.25) is 14.8 Å².